The fourth-order valence-corrected chi connectivity index (χ4v) is 3.34. The molecule has 0 bridgehead atoms. The van der Waals surface area contributed by atoms with E-state index in [1.54, 1.807) is 12.4 Å². The predicted octanol–water partition coefficient (Wildman–Crippen LogP) is 2.84. The summed E-state index contributed by atoms with van der Waals surface area (Å²) >= 11 is 5.59. The van der Waals surface area contributed by atoms with Crippen LogP contribution in [0.5, 0.6) is 0 Å². The molecule has 0 radical (unpaired) electrons. The Morgan fingerprint density at radius 1 is 1.48 bits per heavy atom. The average Bonchev–Trinajstić information content (AvgIpc) is 3.15. The summed E-state index contributed by atoms with van der Waals surface area (Å²) in [6.45, 7) is 4.01. The van der Waals surface area contributed by atoms with Gasteiger partial charge in [-0.15, -0.1) is 0 Å². The maximum Gasteiger partial charge on any atom is 0.190 e. The highest BCUT2D eigenvalue weighted by atomic mass is 32.1. The molecule has 132 valence electrons. The van der Waals surface area contributed by atoms with E-state index in [2.05, 4.69) is 31.5 Å². The summed E-state index contributed by atoms with van der Waals surface area (Å²) in [4.78, 5) is 10.8. The minimum absolute atomic E-state index is 0.264. The molecule has 2 aliphatic rings. The van der Waals surface area contributed by atoms with Crippen LogP contribution in [-0.2, 0) is 4.74 Å². The molecule has 25 heavy (non-hydrogen) atoms. The SMILES string of the molecule is C\C=C/N=C1\COCC\C1=N\NC(=S)N1CCCC1c1cccnc1. The standard InChI is InChI=1S/C18H23N5OS/c1-2-8-20-16-13-24-11-7-15(16)21-22-18(25)23-10-4-6-17(23)14-5-3-9-19-12-14/h2-3,5,8-9,12,17H,4,6-7,10-11,13H2,1H3,(H,22,25)/b8-2-,20-16+,21-15-. The first-order valence-electron chi connectivity index (χ1n) is 8.58. The summed E-state index contributed by atoms with van der Waals surface area (Å²) in [7, 11) is 0. The zero-order valence-electron chi connectivity index (χ0n) is 14.4. The van der Waals surface area contributed by atoms with Crippen molar-refractivity contribution in [2.75, 3.05) is 19.8 Å². The maximum atomic E-state index is 5.59. The van der Waals surface area contributed by atoms with Gasteiger partial charge in [0.25, 0.3) is 0 Å². The highest BCUT2D eigenvalue weighted by Crippen LogP contribution is 2.31. The lowest BCUT2D eigenvalue weighted by atomic mass is 10.1. The highest BCUT2D eigenvalue weighted by molar-refractivity contribution is 7.80. The summed E-state index contributed by atoms with van der Waals surface area (Å²) < 4.78 is 5.47. The number of pyridine rings is 1. The molecule has 1 unspecified atom stereocenters. The van der Waals surface area contributed by atoms with E-state index in [9.17, 15) is 0 Å². The smallest absolute Gasteiger partial charge is 0.190 e. The largest absolute Gasteiger partial charge is 0.375 e. The molecule has 2 aliphatic heterocycles. The van der Waals surface area contributed by atoms with Crippen molar-refractivity contribution in [3.05, 3.63) is 42.4 Å². The van der Waals surface area contributed by atoms with E-state index >= 15 is 0 Å². The van der Waals surface area contributed by atoms with Gasteiger partial charge in [0.15, 0.2) is 5.11 Å². The predicted molar refractivity (Wildman–Crippen MR) is 104 cm³/mol. The van der Waals surface area contributed by atoms with Gasteiger partial charge < -0.3 is 9.64 Å². The Labute approximate surface area is 153 Å². The molecule has 2 saturated heterocycles. The molecular formula is C18H23N5OS. The van der Waals surface area contributed by atoms with Crippen molar-refractivity contribution in [1.82, 2.24) is 15.3 Å². The molecule has 6 nitrogen and oxygen atoms in total. The Hall–Kier alpha value is -2.12. The number of hydrogen-bond acceptors (Lipinski definition) is 5. The van der Waals surface area contributed by atoms with Crippen molar-refractivity contribution in [1.29, 1.82) is 0 Å². The molecule has 1 N–H and O–H groups in total. The molecule has 0 aliphatic carbocycles. The zero-order valence-corrected chi connectivity index (χ0v) is 15.2. The first-order chi connectivity index (χ1) is 12.3. The van der Waals surface area contributed by atoms with Crippen molar-refractivity contribution < 1.29 is 4.74 Å². The van der Waals surface area contributed by atoms with E-state index in [4.69, 9.17) is 17.0 Å². The topological polar surface area (TPSA) is 62.1 Å². The quantitative estimate of drug-likeness (QED) is 0.666. The van der Waals surface area contributed by atoms with E-state index in [0.29, 0.717) is 18.3 Å². The Morgan fingerprint density at radius 3 is 3.20 bits per heavy atom. The molecule has 7 heteroatoms. The third kappa shape index (κ3) is 4.49. The van der Waals surface area contributed by atoms with Crippen LogP contribution in [0.25, 0.3) is 0 Å². The molecule has 3 rings (SSSR count). The molecule has 0 spiro atoms. The Kier molecular flexibility index (Phi) is 6.25. The highest BCUT2D eigenvalue weighted by Gasteiger charge is 2.28. The number of likely N-dealkylation sites (tertiary alicyclic amines) is 1. The minimum Gasteiger partial charge on any atom is -0.375 e. The van der Waals surface area contributed by atoms with Crippen molar-refractivity contribution in [2.24, 2.45) is 10.1 Å². The normalized spacial score (nSPS) is 24.4. The van der Waals surface area contributed by atoms with E-state index in [1.165, 1.54) is 5.56 Å². The summed E-state index contributed by atoms with van der Waals surface area (Å²) in [6, 6.07) is 4.33. The van der Waals surface area contributed by atoms with Gasteiger partial charge in [0.2, 0.25) is 0 Å². The second-order valence-corrected chi connectivity index (χ2v) is 6.36. The summed E-state index contributed by atoms with van der Waals surface area (Å²) in [6.07, 6.45) is 10.3. The van der Waals surface area contributed by atoms with Crippen LogP contribution in [0.1, 0.15) is 37.8 Å². The van der Waals surface area contributed by atoms with Gasteiger partial charge in [0.1, 0.15) is 0 Å². The monoisotopic (exact) mass is 357 g/mol. The first-order valence-corrected chi connectivity index (χ1v) is 8.99. The number of allylic oxidation sites excluding steroid dienone is 1. The number of nitrogens with one attached hydrogen (secondary N) is 1. The second kappa shape index (κ2) is 8.82. The van der Waals surface area contributed by atoms with E-state index in [-0.39, 0.29) is 6.04 Å². The Bertz CT molecular complexity index is 686. The zero-order chi connectivity index (χ0) is 17.5. The van der Waals surface area contributed by atoms with Gasteiger partial charge in [-0.25, -0.2) is 0 Å². The lowest BCUT2D eigenvalue weighted by Crippen LogP contribution is -2.38. The van der Waals surface area contributed by atoms with Crippen LogP contribution >= 0.6 is 12.2 Å². The number of aromatic nitrogens is 1. The van der Waals surface area contributed by atoms with Crippen LogP contribution in [0.3, 0.4) is 0 Å². The van der Waals surface area contributed by atoms with Crippen LogP contribution in [-0.4, -0.2) is 46.2 Å². The number of hydrazone groups is 1. The molecule has 1 aromatic heterocycles. The summed E-state index contributed by atoms with van der Waals surface area (Å²) in [5.74, 6) is 0. The van der Waals surface area contributed by atoms with Crippen LogP contribution in [0, 0.1) is 0 Å². The minimum atomic E-state index is 0.264. The van der Waals surface area contributed by atoms with E-state index in [0.717, 1.165) is 37.2 Å². The van der Waals surface area contributed by atoms with Gasteiger partial charge in [-0.1, -0.05) is 12.1 Å². The van der Waals surface area contributed by atoms with Gasteiger partial charge in [-0.3, -0.25) is 15.4 Å². The van der Waals surface area contributed by atoms with E-state index < -0.39 is 0 Å². The van der Waals surface area contributed by atoms with Crippen LogP contribution in [0.2, 0.25) is 0 Å². The number of ether oxygens (including phenoxy) is 1. The first kappa shape index (κ1) is 17.7. The number of nitrogens with zero attached hydrogens (tertiary/aromatic N) is 4. The Morgan fingerprint density at radius 2 is 2.40 bits per heavy atom. The van der Waals surface area contributed by atoms with Crippen molar-refractivity contribution in [2.45, 2.75) is 32.2 Å². The van der Waals surface area contributed by atoms with Crippen molar-refractivity contribution in [3.63, 3.8) is 0 Å². The number of thiocarbonyl (C=S) groups is 1. The van der Waals surface area contributed by atoms with Crippen LogP contribution in [0.15, 0.2) is 46.9 Å². The average molecular weight is 357 g/mol. The fourth-order valence-electron chi connectivity index (χ4n) is 3.07. The van der Waals surface area contributed by atoms with Crippen LogP contribution < -0.4 is 5.43 Å². The third-order valence-electron chi connectivity index (χ3n) is 4.30. The number of hydrogen-bond donors (Lipinski definition) is 1. The van der Waals surface area contributed by atoms with Crippen LogP contribution in [0.4, 0.5) is 0 Å². The van der Waals surface area contributed by atoms with Gasteiger partial charge in [0.05, 0.1) is 30.7 Å². The number of aliphatic imine (C=N–C) groups is 1. The molecule has 2 fully saturated rings. The molecule has 0 aromatic carbocycles. The van der Waals surface area contributed by atoms with Gasteiger partial charge in [0, 0.05) is 31.6 Å². The fraction of sp³-hybridized carbons (Fsp3) is 0.444. The lowest BCUT2D eigenvalue weighted by Gasteiger charge is -2.27. The second-order valence-electron chi connectivity index (χ2n) is 5.97. The Balaban J connectivity index is 1.68. The molecular weight excluding hydrogens is 334 g/mol. The maximum absolute atomic E-state index is 5.59. The van der Waals surface area contributed by atoms with Gasteiger partial charge in [-0.2, -0.15) is 5.10 Å². The summed E-state index contributed by atoms with van der Waals surface area (Å²) in [5.41, 5.74) is 6.02. The molecule has 1 atom stereocenters. The van der Waals surface area contributed by atoms with Gasteiger partial charge in [-0.05, 0) is 43.6 Å². The molecule has 0 amide bonds. The molecule has 1 aromatic rings. The number of rotatable bonds is 3. The third-order valence-corrected chi connectivity index (χ3v) is 4.63. The van der Waals surface area contributed by atoms with Crippen molar-refractivity contribution in [3.8, 4) is 0 Å². The summed E-state index contributed by atoms with van der Waals surface area (Å²) in [5, 5.41) is 5.16. The molecule has 0 saturated carbocycles. The lowest BCUT2D eigenvalue weighted by molar-refractivity contribution is 0.174. The molecule has 3 heterocycles. The van der Waals surface area contributed by atoms with Gasteiger partial charge >= 0.3 is 0 Å². The van der Waals surface area contributed by atoms with E-state index in [1.807, 2.05) is 25.3 Å². The van der Waals surface area contributed by atoms with Crippen molar-refractivity contribution >= 4 is 28.8 Å².